The van der Waals surface area contributed by atoms with Crippen molar-refractivity contribution in [2.45, 2.75) is 39.1 Å². The minimum atomic E-state index is -3.02. The average molecular weight is 420 g/mol. The summed E-state index contributed by atoms with van der Waals surface area (Å²) < 4.78 is 45.2. The predicted molar refractivity (Wildman–Crippen MR) is 103 cm³/mol. The zero-order valence-corrected chi connectivity index (χ0v) is 16.4. The molecule has 2 N–H and O–H groups in total. The number of nitrogens with one attached hydrogen (secondary N) is 2. The van der Waals surface area contributed by atoms with Crippen LogP contribution in [-0.4, -0.2) is 32.8 Å². The third kappa shape index (κ3) is 4.01. The third-order valence-electron chi connectivity index (χ3n) is 4.42. The number of halogens is 3. The molecule has 2 aromatic heterocycles. The normalized spacial score (nSPS) is 16.4. The topological polar surface area (TPSA) is 85.1 Å². The lowest BCUT2D eigenvalue weighted by Gasteiger charge is -2.19. The van der Waals surface area contributed by atoms with Crippen molar-refractivity contribution in [1.29, 1.82) is 0 Å². The molecule has 0 spiro atoms. The molecule has 1 atom stereocenters. The van der Waals surface area contributed by atoms with Crippen LogP contribution in [0.2, 0.25) is 0 Å². The summed E-state index contributed by atoms with van der Waals surface area (Å²) in [6.45, 7) is 2.28. The Bertz CT molecular complexity index is 1110. The Kier molecular flexibility index (Phi) is 4.98. The van der Waals surface area contributed by atoms with E-state index < -0.39 is 24.2 Å². The van der Waals surface area contributed by atoms with Crippen molar-refractivity contribution < 1.29 is 22.7 Å². The molecule has 1 aliphatic rings. The number of nitrogens with zero attached hydrogens (tertiary/aromatic N) is 4. The maximum atomic E-state index is 13.7. The van der Waals surface area contributed by atoms with Gasteiger partial charge in [-0.15, -0.1) is 0 Å². The molecule has 1 aliphatic heterocycles. The maximum Gasteiger partial charge on any atom is 0.387 e. The summed E-state index contributed by atoms with van der Waals surface area (Å²) in [5.41, 5.74) is 3.42. The van der Waals surface area contributed by atoms with E-state index in [4.69, 9.17) is 4.84 Å². The molecular weight excluding hydrogens is 401 g/mol. The molecule has 4 rings (SSSR count). The summed E-state index contributed by atoms with van der Waals surface area (Å²) >= 11 is 0. The fourth-order valence-corrected chi connectivity index (χ4v) is 3.08. The number of amidine groups is 1. The second-order valence-electron chi connectivity index (χ2n) is 7.18. The van der Waals surface area contributed by atoms with Gasteiger partial charge in [0.25, 0.3) is 0 Å². The van der Waals surface area contributed by atoms with E-state index in [1.165, 1.54) is 6.07 Å². The van der Waals surface area contributed by atoms with Gasteiger partial charge in [0.2, 0.25) is 0 Å². The Hall–Kier alpha value is -3.34. The van der Waals surface area contributed by atoms with Gasteiger partial charge in [-0.2, -0.15) is 13.9 Å². The first-order valence-electron chi connectivity index (χ1n) is 9.11. The molecule has 30 heavy (non-hydrogen) atoms. The van der Waals surface area contributed by atoms with Crippen molar-refractivity contribution in [3.63, 3.8) is 0 Å². The van der Waals surface area contributed by atoms with Gasteiger partial charge < -0.3 is 10.1 Å². The second kappa shape index (κ2) is 7.48. The molecule has 1 aromatic carbocycles. The Morgan fingerprint density at radius 3 is 2.77 bits per heavy atom. The van der Waals surface area contributed by atoms with Crippen molar-refractivity contribution in [2.75, 3.05) is 5.32 Å². The van der Waals surface area contributed by atoms with Gasteiger partial charge in [0.15, 0.2) is 17.2 Å². The standard InChI is InChI=1S/C19H19F3N6O2/c1-10(12-8-11(20)4-5-14(12)29-18(21)22)24-15-6-7-28-17(25-15)13(9-23-28)16-26-19(2,3)30-27-16/h4-10,18H,1-3H3,(H,24,25)(H,26,27). The molecule has 1 unspecified atom stereocenters. The van der Waals surface area contributed by atoms with E-state index in [1.807, 2.05) is 0 Å². The van der Waals surface area contributed by atoms with Crippen LogP contribution in [0.15, 0.2) is 41.7 Å². The minimum absolute atomic E-state index is 0.110. The fourth-order valence-electron chi connectivity index (χ4n) is 3.08. The molecule has 0 fully saturated rings. The summed E-state index contributed by atoms with van der Waals surface area (Å²) in [7, 11) is 0. The van der Waals surface area contributed by atoms with Crippen LogP contribution in [0.5, 0.6) is 5.75 Å². The van der Waals surface area contributed by atoms with Crippen LogP contribution in [0.4, 0.5) is 19.0 Å². The number of anilines is 1. The molecule has 0 saturated carbocycles. The molecule has 8 nitrogen and oxygen atoms in total. The Morgan fingerprint density at radius 2 is 2.07 bits per heavy atom. The average Bonchev–Trinajstić information content (AvgIpc) is 3.25. The van der Waals surface area contributed by atoms with E-state index in [0.717, 1.165) is 12.1 Å². The number of rotatable bonds is 6. The summed E-state index contributed by atoms with van der Waals surface area (Å²) in [6.07, 6.45) is 3.29. The van der Waals surface area contributed by atoms with Crippen LogP contribution in [0.25, 0.3) is 5.65 Å². The molecule has 3 aromatic rings. The van der Waals surface area contributed by atoms with Crippen LogP contribution in [0, 0.1) is 5.82 Å². The van der Waals surface area contributed by atoms with Crippen molar-refractivity contribution in [2.24, 2.45) is 4.99 Å². The molecule has 11 heteroatoms. The zero-order valence-electron chi connectivity index (χ0n) is 16.4. The Balaban J connectivity index is 1.64. The number of hydrogen-bond donors (Lipinski definition) is 2. The highest BCUT2D eigenvalue weighted by molar-refractivity contribution is 6.03. The summed E-state index contributed by atoms with van der Waals surface area (Å²) in [4.78, 5) is 14.4. The number of alkyl halides is 2. The van der Waals surface area contributed by atoms with E-state index in [9.17, 15) is 13.2 Å². The third-order valence-corrected chi connectivity index (χ3v) is 4.42. The van der Waals surface area contributed by atoms with E-state index >= 15 is 0 Å². The SMILES string of the molecule is CC(Nc1ccn2ncc(C3=NC(C)(C)ON3)c2n1)c1cc(F)ccc1OC(F)F. The first kappa shape index (κ1) is 20.0. The molecule has 0 amide bonds. The molecule has 0 radical (unpaired) electrons. The van der Waals surface area contributed by atoms with Gasteiger partial charge >= 0.3 is 6.61 Å². The van der Waals surface area contributed by atoms with E-state index in [1.54, 1.807) is 43.7 Å². The molecule has 0 bridgehead atoms. The number of aliphatic imine (C=N–C) groups is 1. The van der Waals surface area contributed by atoms with Crippen LogP contribution >= 0.6 is 0 Å². The summed E-state index contributed by atoms with van der Waals surface area (Å²) in [6, 6.07) is 4.48. The predicted octanol–water partition coefficient (Wildman–Crippen LogP) is 3.66. The highest BCUT2D eigenvalue weighted by Gasteiger charge is 2.28. The van der Waals surface area contributed by atoms with Crippen molar-refractivity contribution in [3.8, 4) is 5.75 Å². The number of benzene rings is 1. The Labute approximate surface area is 169 Å². The Morgan fingerprint density at radius 1 is 1.27 bits per heavy atom. The van der Waals surface area contributed by atoms with Gasteiger partial charge in [0.1, 0.15) is 17.4 Å². The second-order valence-corrected chi connectivity index (χ2v) is 7.18. The van der Waals surface area contributed by atoms with Gasteiger partial charge in [-0.25, -0.2) is 29.2 Å². The van der Waals surface area contributed by atoms with Gasteiger partial charge in [0.05, 0.1) is 17.8 Å². The number of hydrogen-bond acceptors (Lipinski definition) is 7. The summed E-state index contributed by atoms with van der Waals surface area (Å²) in [5, 5.41) is 7.32. The highest BCUT2D eigenvalue weighted by Crippen LogP contribution is 2.30. The van der Waals surface area contributed by atoms with Crippen molar-refractivity contribution >= 4 is 17.3 Å². The summed E-state index contributed by atoms with van der Waals surface area (Å²) in [5.74, 6) is 0.254. The van der Waals surface area contributed by atoms with E-state index in [2.05, 4.69) is 30.6 Å². The monoisotopic (exact) mass is 420 g/mol. The minimum Gasteiger partial charge on any atom is -0.434 e. The molecule has 0 saturated heterocycles. The lowest BCUT2D eigenvalue weighted by atomic mass is 10.1. The first-order chi connectivity index (χ1) is 14.2. The van der Waals surface area contributed by atoms with Crippen LogP contribution < -0.4 is 15.5 Å². The number of hydroxylamine groups is 1. The number of fused-ring (bicyclic) bond motifs is 1. The molecule has 0 aliphatic carbocycles. The van der Waals surface area contributed by atoms with Crippen molar-refractivity contribution in [1.82, 2.24) is 20.1 Å². The van der Waals surface area contributed by atoms with Gasteiger partial charge in [0, 0.05) is 11.8 Å². The maximum absolute atomic E-state index is 13.7. The molecule has 158 valence electrons. The number of ether oxygens (including phenoxy) is 1. The largest absolute Gasteiger partial charge is 0.434 e. The zero-order chi connectivity index (χ0) is 21.5. The smallest absolute Gasteiger partial charge is 0.387 e. The lowest BCUT2D eigenvalue weighted by molar-refractivity contribution is -0.0506. The fraction of sp³-hybridized carbons (Fsp3) is 0.316. The lowest BCUT2D eigenvalue weighted by Crippen LogP contribution is -2.23. The van der Waals surface area contributed by atoms with Crippen LogP contribution in [0.3, 0.4) is 0 Å². The first-order valence-corrected chi connectivity index (χ1v) is 9.11. The van der Waals surface area contributed by atoms with Crippen LogP contribution in [-0.2, 0) is 4.84 Å². The van der Waals surface area contributed by atoms with Gasteiger partial charge in [-0.1, -0.05) is 0 Å². The van der Waals surface area contributed by atoms with Crippen LogP contribution in [0.1, 0.15) is 37.9 Å². The molecule has 3 heterocycles. The van der Waals surface area contributed by atoms with E-state index in [0.29, 0.717) is 22.9 Å². The van der Waals surface area contributed by atoms with E-state index in [-0.39, 0.29) is 11.3 Å². The van der Waals surface area contributed by atoms with Gasteiger partial charge in [-0.05, 0) is 45.0 Å². The van der Waals surface area contributed by atoms with Crippen molar-refractivity contribution in [3.05, 3.63) is 53.6 Å². The van der Waals surface area contributed by atoms with Gasteiger partial charge in [-0.3, -0.25) is 0 Å². The number of aromatic nitrogens is 3. The highest BCUT2D eigenvalue weighted by atomic mass is 19.3. The quantitative estimate of drug-likeness (QED) is 0.633. The molecular formula is C19H19F3N6O2.